The second-order valence-electron chi connectivity index (χ2n) is 3.52. The molecule has 98 valence electrons. The predicted octanol–water partition coefficient (Wildman–Crippen LogP) is 3.66. The number of benzene rings is 1. The number of hydrogen-bond acceptors (Lipinski definition) is 3. The molecular formula is C13H14F2O2S. The summed E-state index contributed by atoms with van der Waals surface area (Å²) in [5, 5.41) is 0.0464. The van der Waals surface area contributed by atoms with Gasteiger partial charge in [-0.2, -0.15) is 4.39 Å². The normalized spacial score (nSPS) is 10.9. The number of hydrogen-bond donors (Lipinski definition) is 0. The molecule has 5 heteroatoms. The molecule has 0 unspecified atom stereocenters. The van der Waals surface area contributed by atoms with Crippen LogP contribution in [-0.2, 0) is 4.79 Å². The van der Waals surface area contributed by atoms with Crippen LogP contribution in [0.3, 0.4) is 0 Å². The van der Waals surface area contributed by atoms with Crippen molar-refractivity contribution in [2.24, 2.45) is 0 Å². The minimum absolute atomic E-state index is 0.0464. The molecule has 0 saturated heterocycles. The van der Waals surface area contributed by atoms with Crippen molar-refractivity contribution in [2.45, 2.75) is 13.3 Å². The molecule has 0 fully saturated rings. The summed E-state index contributed by atoms with van der Waals surface area (Å²) >= 11 is 1.20. The monoisotopic (exact) mass is 272 g/mol. The van der Waals surface area contributed by atoms with E-state index in [4.69, 9.17) is 0 Å². The van der Waals surface area contributed by atoms with Crippen molar-refractivity contribution in [1.29, 1.82) is 0 Å². The van der Waals surface area contributed by atoms with Gasteiger partial charge in [-0.05, 0) is 18.6 Å². The van der Waals surface area contributed by atoms with Gasteiger partial charge in [0, 0.05) is 18.2 Å². The molecule has 1 aromatic rings. The van der Waals surface area contributed by atoms with Gasteiger partial charge in [-0.1, -0.05) is 23.9 Å². The topological polar surface area (TPSA) is 26.3 Å². The molecule has 0 aromatic heterocycles. The molecule has 0 atom stereocenters. The van der Waals surface area contributed by atoms with Crippen molar-refractivity contribution in [3.8, 4) is 5.75 Å². The molecule has 0 amide bonds. The van der Waals surface area contributed by atoms with Gasteiger partial charge in [-0.3, -0.25) is 4.79 Å². The Hall–Kier alpha value is -1.36. The van der Waals surface area contributed by atoms with Crippen LogP contribution in [0, 0.1) is 11.6 Å². The van der Waals surface area contributed by atoms with E-state index in [0.29, 0.717) is 12.2 Å². The summed E-state index contributed by atoms with van der Waals surface area (Å²) in [5.74, 6) is -1.40. The zero-order valence-corrected chi connectivity index (χ0v) is 11.0. The van der Waals surface area contributed by atoms with Crippen molar-refractivity contribution in [2.75, 3.05) is 12.9 Å². The van der Waals surface area contributed by atoms with Crippen molar-refractivity contribution < 1.29 is 18.3 Å². The molecule has 2 nitrogen and oxygen atoms in total. The first-order valence-electron chi connectivity index (χ1n) is 5.38. The Bertz CT molecular complexity index is 459. The number of halogens is 2. The van der Waals surface area contributed by atoms with E-state index in [-0.39, 0.29) is 16.4 Å². The summed E-state index contributed by atoms with van der Waals surface area (Å²) in [6.07, 6.45) is 3.83. The zero-order chi connectivity index (χ0) is 13.5. The van der Waals surface area contributed by atoms with Crippen molar-refractivity contribution in [1.82, 2.24) is 0 Å². The average Bonchev–Trinajstić information content (AvgIpc) is 2.33. The van der Waals surface area contributed by atoms with Crippen molar-refractivity contribution in [3.63, 3.8) is 0 Å². The average molecular weight is 272 g/mol. The first-order valence-corrected chi connectivity index (χ1v) is 6.36. The van der Waals surface area contributed by atoms with E-state index in [1.54, 1.807) is 6.08 Å². The minimum atomic E-state index is -0.988. The summed E-state index contributed by atoms with van der Waals surface area (Å²) in [6.45, 7) is 1.49. The molecular weight excluding hydrogens is 258 g/mol. The Kier molecular flexibility index (Phi) is 5.85. The van der Waals surface area contributed by atoms with E-state index >= 15 is 0 Å². The predicted molar refractivity (Wildman–Crippen MR) is 69.7 cm³/mol. The van der Waals surface area contributed by atoms with Gasteiger partial charge in [0.15, 0.2) is 16.7 Å². The summed E-state index contributed by atoms with van der Waals surface area (Å²) in [6, 6.07) is 2.83. The van der Waals surface area contributed by atoms with E-state index in [9.17, 15) is 13.6 Å². The molecule has 0 bridgehead atoms. The summed E-state index contributed by atoms with van der Waals surface area (Å²) < 4.78 is 31.6. The Labute approximate surface area is 109 Å². The third-order valence-corrected chi connectivity index (χ3v) is 3.03. The minimum Gasteiger partial charge on any atom is -0.494 e. The second-order valence-corrected chi connectivity index (χ2v) is 4.79. The molecule has 1 rings (SSSR count). The first kappa shape index (κ1) is 14.7. The lowest BCUT2D eigenvalue weighted by atomic mass is 10.1. The molecule has 0 N–H and O–H groups in total. The fourth-order valence-electron chi connectivity index (χ4n) is 1.31. The molecule has 0 aliphatic carbocycles. The lowest BCUT2D eigenvalue weighted by molar-refractivity contribution is -0.109. The number of allylic oxidation sites excluding steroid dienone is 1. The molecule has 0 radical (unpaired) electrons. The van der Waals surface area contributed by atoms with E-state index in [1.807, 2.05) is 0 Å². The van der Waals surface area contributed by atoms with Gasteiger partial charge in [-0.15, -0.1) is 0 Å². The van der Waals surface area contributed by atoms with Crippen LogP contribution in [0.5, 0.6) is 5.75 Å². The maximum absolute atomic E-state index is 13.5. The SMILES string of the molecule is COc1ccc(C=CCCSC(C)=O)c(F)c1F. The largest absolute Gasteiger partial charge is 0.494 e. The maximum atomic E-state index is 13.5. The van der Waals surface area contributed by atoms with Crippen LogP contribution in [0.4, 0.5) is 8.78 Å². The van der Waals surface area contributed by atoms with E-state index in [0.717, 1.165) is 0 Å². The lowest BCUT2D eigenvalue weighted by Gasteiger charge is -2.04. The highest BCUT2D eigenvalue weighted by molar-refractivity contribution is 8.13. The summed E-state index contributed by atoms with van der Waals surface area (Å²) in [4.78, 5) is 10.7. The Morgan fingerprint density at radius 1 is 1.39 bits per heavy atom. The van der Waals surface area contributed by atoms with Crippen LogP contribution < -0.4 is 4.74 Å². The molecule has 0 heterocycles. The highest BCUT2D eigenvalue weighted by Crippen LogP contribution is 2.23. The van der Waals surface area contributed by atoms with Crippen LogP contribution in [0.25, 0.3) is 6.08 Å². The standard InChI is InChI=1S/C13H14F2O2S/c1-9(16)18-8-4-3-5-10-6-7-11(17-2)13(15)12(10)14/h3,5-7H,4,8H2,1-2H3. The summed E-state index contributed by atoms with van der Waals surface area (Å²) in [5.41, 5.74) is 0.168. The van der Waals surface area contributed by atoms with Gasteiger partial charge in [0.1, 0.15) is 0 Å². The first-order chi connectivity index (χ1) is 8.56. The Balaban J connectivity index is 2.65. The lowest BCUT2D eigenvalue weighted by Crippen LogP contribution is -1.94. The number of thioether (sulfide) groups is 1. The van der Waals surface area contributed by atoms with E-state index in [2.05, 4.69) is 4.74 Å². The van der Waals surface area contributed by atoms with E-state index in [1.165, 1.54) is 44.0 Å². The Morgan fingerprint density at radius 2 is 2.11 bits per heavy atom. The van der Waals surface area contributed by atoms with Crippen LogP contribution in [0.15, 0.2) is 18.2 Å². The molecule has 0 aliphatic heterocycles. The molecule has 0 saturated carbocycles. The zero-order valence-electron chi connectivity index (χ0n) is 10.2. The van der Waals surface area contributed by atoms with Gasteiger partial charge in [0.05, 0.1) is 7.11 Å². The fraction of sp³-hybridized carbons (Fsp3) is 0.308. The van der Waals surface area contributed by atoms with Gasteiger partial charge < -0.3 is 4.74 Å². The number of carbonyl (C=O) groups excluding carboxylic acids is 1. The van der Waals surface area contributed by atoms with Crippen molar-refractivity contribution >= 4 is 23.0 Å². The third kappa shape index (κ3) is 4.14. The number of ether oxygens (including phenoxy) is 1. The Morgan fingerprint density at radius 3 is 2.72 bits per heavy atom. The molecule has 18 heavy (non-hydrogen) atoms. The van der Waals surface area contributed by atoms with Gasteiger partial charge in [0.25, 0.3) is 0 Å². The molecule has 0 aliphatic rings. The van der Waals surface area contributed by atoms with Crippen LogP contribution in [0.2, 0.25) is 0 Å². The van der Waals surface area contributed by atoms with Crippen molar-refractivity contribution in [3.05, 3.63) is 35.4 Å². The quantitative estimate of drug-likeness (QED) is 0.765. The molecule has 0 spiro atoms. The third-order valence-electron chi connectivity index (χ3n) is 2.18. The smallest absolute Gasteiger partial charge is 0.201 e. The number of carbonyl (C=O) groups is 1. The fourth-order valence-corrected chi connectivity index (χ4v) is 1.86. The number of rotatable bonds is 5. The van der Waals surface area contributed by atoms with Crippen LogP contribution >= 0.6 is 11.8 Å². The van der Waals surface area contributed by atoms with Crippen LogP contribution in [0.1, 0.15) is 18.9 Å². The second kappa shape index (κ2) is 7.16. The van der Waals surface area contributed by atoms with Crippen LogP contribution in [-0.4, -0.2) is 18.0 Å². The molecule has 1 aromatic carbocycles. The highest BCUT2D eigenvalue weighted by atomic mass is 32.2. The number of methoxy groups -OCH3 is 1. The van der Waals surface area contributed by atoms with E-state index < -0.39 is 11.6 Å². The van der Waals surface area contributed by atoms with Gasteiger partial charge in [0.2, 0.25) is 5.82 Å². The highest BCUT2D eigenvalue weighted by Gasteiger charge is 2.11. The maximum Gasteiger partial charge on any atom is 0.201 e. The van der Waals surface area contributed by atoms with Gasteiger partial charge >= 0.3 is 0 Å². The van der Waals surface area contributed by atoms with Gasteiger partial charge in [-0.25, -0.2) is 4.39 Å². The summed E-state index contributed by atoms with van der Waals surface area (Å²) in [7, 11) is 1.28.